The molecule has 0 unspecified atom stereocenters. The van der Waals surface area contributed by atoms with Crippen LogP contribution in [0.5, 0.6) is 0 Å². The smallest absolute Gasteiger partial charge is 0.153 e. The molecule has 0 aliphatic heterocycles. The summed E-state index contributed by atoms with van der Waals surface area (Å²) in [6, 6.07) is 10.3. The van der Waals surface area contributed by atoms with Crippen LogP contribution < -0.4 is 5.32 Å². The molecule has 84 valence electrons. The number of benzene rings is 1. The molecule has 2 rings (SSSR count). The van der Waals surface area contributed by atoms with Crippen molar-refractivity contribution in [2.75, 3.05) is 5.32 Å². The van der Waals surface area contributed by atoms with Crippen LogP contribution in [0.25, 0.3) is 10.4 Å². The Morgan fingerprint density at radius 3 is 2.47 bits per heavy atom. The maximum Gasteiger partial charge on any atom is 0.153 e. The zero-order chi connectivity index (χ0) is 12.1. The van der Waals surface area contributed by atoms with Gasteiger partial charge in [-0.25, -0.2) is 0 Å². The Morgan fingerprint density at radius 1 is 1.12 bits per heavy atom. The Bertz CT molecular complexity index is 544. The van der Waals surface area contributed by atoms with E-state index < -0.39 is 0 Å². The summed E-state index contributed by atoms with van der Waals surface area (Å²) in [5, 5.41) is 14.4. The third kappa shape index (κ3) is 3.07. The molecule has 0 radical (unpaired) electrons. The minimum absolute atomic E-state index is 0.342. The number of nitrogens with one attached hydrogen (secondary N) is 1. The van der Waals surface area contributed by atoms with Gasteiger partial charge in [-0.15, -0.1) is 10.2 Å². The molecular weight excluding hydrogens is 240 g/mol. The van der Waals surface area contributed by atoms with Crippen molar-refractivity contribution in [1.29, 1.82) is 0 Å². The van der Waals surface area contributed by atoms with Crippen molar-refractivity contribution in [3.63, 3.8) is 0 Å². The summed E-state index contributed by atoms with van der Waals surface area (Å²) in [6.45, 7) is 0. The second-order valence-electron chi connectivity index (χ2n) is 3.10. The van der Waals surface area contributed by atoms with Gasteiger partial charge in [0.25, 0.3) is 0 Å². The Balaban J connectivity index is 2.13. The Hall–Kier alpha value is -2.30. The SMILES string of the molecule is [N-]=[N+]=Nc1ccc(Nc2ccc(Cl)nn2)cc1. The predicted octanol–water partition coefficient (Wildman–Crippen LogP) is 3.82. The highest BCUT2D eigenvalue weighted by Gasteiger charge is 1.97. The molecule has 1 aromatic heterocycles. The monoisotopic (exact) mass is 246 g/mol. The van der Waals surface area contributed by atoms with E-state index in [2.05, 4.69) is 25.5 Å². The molecule has 17 heavy (non-hydrogen) atoms. The summed E-state index contributed by atoms with van der Waals surface area (Å²) in [4.78, 5) is 2.70. The van der Waals surface area contributed by atoms with Gasteiger partial charge in [0.1, 0.15) is 0 Å². The summed E-state index contributed by atoms with van der Waals surface area (Å²) in [6.07, 6.45) is 0. The normalized spacial score (nSPS) is 9.47. The van der Waals surface area contributed by atoms with E-state index in [1.165, 1.54) is 0 Å². The number of halogens is 1. The molecule has 0 saturated carbocycles. The van der Waals surface area contributed by atoms with Crippen molar-refractivity contribution in [2.45, 2.75) is 0 Å². The zero-order valence-corrected chi connectivity index (χ0v) is 9.33. The number of nitrogens with zero attached hydrogens (tertiary/aromatic N) is 5. The van der Waals surface area contributed by atoms with Crippen molar-refractivity contribution in [3.05, 3.63) is 52.0 Å². The Morgan fingerprint density at radius 2 is 1.88 bits per heavy atom. The summed E-state index contributed by atoms with van der Waals surface area (Å²) < 4.78 is 0. The van der Waals surface area contributed by atoms with Crippen molar-refractivity contribution in [2.24, 2.45) is 5.11 Å². The number of aromatic nitrogens is 2. The van der Waals surface area contributed by atoms with E-state index in [4.69, 9.17) is 17.1 Å². The molecule has 2 aromatic rings. The van der Waals surface area contributed by atoms with Gasteiger partial charge in [-0.3, -0.25) is 0 Å². The molecule has 0 bridgehead atoms. The molecule has 0 aliphatic rings. The van der Waals surface area contributed by atoms with Crippen LogP contribution in [-0.2, 0) is 0 Å². The summed E-state index contributed by atoms with van der Waals surface area (Å²) in [5.74, 6) is 0.589. The first-order valence-electron chi connectivity index (χ1n) is 4.69. The van der Waals surface area contributed by atoms with Crippen LogP contribution in [0.4, 0.5) is 17.2 Å². The molecule has 1 N–H and O–H groups in total. The van der Waals surface area contributed by atoms with E-state index in [9.17, 15) is 0 Å². The first-order chi connectivity index (χ1) is 8.28. The van der Waals surface area contributed by atoms with Crippen LogP contribution in [0.1, 0.15) is 0 Å². The minimum atomic E-state index is 0.342. The first-order valence-corrected chi connectivity index (χ1v) is 5.07. The zero-order valence-electron chi connectivity index (χ0n) is 8.58. The molecular formula is C10H7ClN6. The van der Waals surface area contributed by atoms with Crippen LogP contribution in [0.3, 0.4) is 0 Å². The molecule has 6 nitrogen and oxygen atoms in total. The molecule has 0 atom stereocenters. The van der Waals surface area contributed by atoms with Crippen molar-refractivity contribution in [1.82, 2.24) is 10.2 Å². The number of rotatable bonds is 3. The predicted molar refractivity (Wildman–Crippen MR) is 65.6 cm³/mol. The number of hydrogen-bond donors (Lipinski definition) is 1. The standard InChI is InChI=1S/C10H7ClN6/c11-9-5-6-10(16-15-9)13-7-1-3-8(4-2-7)14-17-12/h1-6H,(H,13,16). The average Bonchev–Trinajstić information content (AvgIpc) is 2.35. The van der Waals surface area contributed by atoms with E-state index in [-0.39, 0.29) is 0 Å². The molecule has 1 aromatic carbocycles. The second kappa shape index (κ2) is 5.16. The number of azide groups is 1. The molecule has 0 amide bonds. The van der Waals surface area contributed by atoms with Gasteiger partial charge in [0.05, 0.1) is 0 Å². The third-order valence-corrected chi connectivity index (χ3v) is 2.13. The third-order valence-electron chi connectivity index (χ3n) is 1.93. The Labute approximate surface area is 102 Å². The molecule has 0 aliphatic carbocycles. The van der Waals surface area contributed by atoms with Crippen LogP contribution in [0.2, 0.25) is 5.15 Å². The van der Waals surface area contributed by atoms with Crippen LogP contribution in [0.15, 0.2) is 41.5 Å². The van der Waals surface area contributed by atoms with Crippen molar-refractivity contribution < 1.29 is 0 Å². The highest BCUT2D eigenvalue weighted by Crippen LogP contribution is 2.19. The Kier molecular flexibility index (Phi) is 3.40. The van der Waals surface area contributed by atoms with Gasteiger partial charge in [-0.05, 0) is 29.8 Å². The topological polar surface area (TPSA) is 86.6 Å². The molecule has 0 spiro atoms. The average molecular weight is 247 g/mol. The van der Waals surface area contributed by atoms with Gasteiger partial charge in [0, 0.05) is 16.3 Å². The lowest BCUT2D eigenvalue weighted by molar-refractivity contribution is 1.04. The summed E-state index contributed by atoms with van der Waals surface area (Å²) in [7, 11) is 0. The highest BCUT2D eigenvalue weighted by molar-refractivity contribution is 6.29. The molecule has 0 fully saturated rings. The van der Waals surface area contributed by atoms with Crippen LogP contribution in [0, 0.1) is 0 Å². The highest BCUT2D eigenvalue weighted by atomic mass is 35.5. The largest absolute Gasteiger partial charge is 0.339 e. The van der Waals surface area contributed by atoms with E-state index in [1.807, 2.05) is 0 Å². The molecule has 7 heteroatoms. The fourth-order valence-corrected chi connectivity index (χ4v) is 1.29. The maximum absolute atomic E-state index is 8.26. The van der Waals surface area contributed by atoms with Gasteiger partial charge in [0.2, 0.25) is 0 Å². The van der Waals surface area contributed by atoms with Gasteiger partial charge in [-0.1, -0.05) is 28.8 Å². The molecule has 0 saturated heterocycles. The van der Waals surface area contributed by atoms with Crippen LogP contribution in [-0.4, -0.2) is 10.2 Å². The van der Waals surface area contributed by atoms with Crippen molar-refractivity contribution in [3.8, 4) is 0 Å². The van der Waals surface area contributed by atoms with E-state index in [0.717, 1.165) is 5.69 Å². The maximum atomic E-state index is 8.26. The number of anilines is 2. The van der Waals surface area contributed by atoms with Crippen molar-refractivity contribution >= 4 is 28.8 Å². The summed E-state index contributed by atoms with van der Waals surface area (Å²) >= 11 is 5.62. The number of hydrogen-bond acceptors (Lipinski definition) is 4. The van der Waals surface area contributed by atoms with Gasteiger partial charge < -0.3 is 5.32 Å². The van der Waals surface area contributed by atoms with E-state index in [1.54, 1.807) is 36.4 Å². The lowest BCUT2D eigenvalue weighted by atomic mass is 10.3. The molecule has 1 heterocycles. The van der Waals surface area contributed by atoms with Gasteiger partial charge in [0.15, 0.2) is 11.0 Å². The van der Waals surface area contributed by atoms with Gasteiger partial charge in [-0.2, -0.15) is 0 Å². The van der Waals surface area contributed by atoms with E-state index in [0.29, 0.717) is 16.7 Å². The summed E-state index contributed by atoms with van der Waals surface area (Å²) in [5.41, 5.74) is 9.64. The first kappa shape index (κ1) is 11.2. The van der Waals surface area contributed by atoms with Crippen LogP contribution >= 0.6 is 11.6 Å². The lowest BCUT2D eigenvalue weighted by Crippen LogP contribution is -1.94. The van der Waals surface area contributed by atoms with Gasteiger partial charge >= 0.3 is 0 Å². The second-order valence-corrected chi connectivity index (χ2v) is 3.49. The fraction of sp³-hybridized carbons (Fsp3) is 0. The lowest BCUT2D eigenvalue weighted by Gasteiger charge is -2.04. The minimum Gasteiger partial charge on any atom is -0.339 e. The quantitative estimate of drug-likeness (QED) is 0.507. The van der Waals surface area contributed by atoms with E-state index >= 15 is 0 Å². The fourth-order valence-electron chi connectivity index (χ4n) is 1.19.